The molecule has 0 saturated heterocycles. The molecule has 0 aromatic heterocycles. The summed E-state index contributed by atoms with van der Waals surface area (Å²) in [6, 6.07) is 10.4. The molecule has 132 valence electrons. The van der Waals surface area contributed by atoms with E-state index < -0.39 is 0 Å². The fourth-order valence-corrected chi connectivity index (χ4v) is 2.41. The summed E-state index contributed by atoms with van der Waals surface area (Å²) in [5.41, 5.74) is 2.86. The molecule has 0 fully saturated rings. The second-order valence-corrected chi connectivity index (χ2v) is 6.62. The third kappa shape index (κ3) is 5.79. The van der Waals surface area contributed by atoms with Crippen LogP contribution in [0.2, 0.25) is 20.1 Å². The van der Waals surface area contributed by atoms with E-state index in [1.165, 1.54) is 0 Å². The molecule has 0 N–H and O–H groups in total. The zero-order chi connectivity index (χ0) is 18.4. The lowest BCUT2D eigenvalue weighted by Gasteiger charge is -2.05. The number of rotatable bonds is 6. The van der Waals surface area contributed by atoms with Gasteiger partial charge in [-0.05, 0) is 38.1 Å². The van der Waals surface area contributed by atoms with Crippen LogP contribution in [0.3, 0.4) is 0 Å². The first-order valence-electron chi connectivity index (χ1n) is 7.12. The van der Waals surface area contributed by atoms with Gasteiger partial charge in [-0.1, -0.05) is 68.8 Å². The Balaban J connectivity index is 1.89. The lowest BCUT2D eigenvalue weighted by Crippen LogP contribution is -2.00. The third-order valence-corrected chi connectivity index (χ3v) is 4.66. The van der Waals surface area contributed by atoms with Gasteiger partial charge in [-0.3, -0.25) is 0 Å². The van der Waals surface area contributed by atoms with E-state index in [2.05, 4.69) is 10.3 Å². The summed E-state index contributed by atoms with van der Waals surface area (Å²) in [5, 5.41) is 9.75. The van der Waals surface area contributed by atoms with E-state index >= 15 is 0 Å². The smallest absolute Gasteiger partial charge is 0.280 e. The number of nitrogens with zero attached hydrogens (tertiary/aromatic N) is 2. The summed E-state index contributed by atoms with van der Waals surface area (Å²) >= 11 is 23.7. The Kier molecular flexibility index (Phi) is 7.38. The van der Waals surface area contributed by atoms with Crippen molar-refractivity contribution in [3.8, 4) is 0 Å². The molecular formula is C17H14Cl4N2O2. The number of oxime groups is 2. The van der Waals surface area contributed by atoms with Crippen LogP contribution in [0.25, 0.3) is 0 Å². The molecule has 0 radical (unpaired) electrons. The summed E-state index contributed by atoms with van der Waals surface area (Å²) in [7, 11) is 0. The van der Waals surface area contributed by atoms with Gasteiger partial charge in [0.1, 0.15) is 0 Å². The first kappa shape index (κ1) is 19.9. The molecule has 25 heavy (non-hydrogen) atoms. The average molecular weight is 420 g/mol. The molecule has 8 heteroatoms. The Morgan fingerprint density at radius 1 is 0.720 bits per heavy atom. The van der Waals surface area contributed by atoms with E-state index in [-0.39, 0.29) is 6.79 Å². The monoisotopic (exact) mass is 418 g/mol. The van der Waals surface area contributed by atoms with Crippen molar-refractivity contribution in [2.75, 3.05) is 6.79 Å². The highest BCUT2D eigenvalue weighted by atomic mass is 35.5. The SMILES string of the molecule is C/C(=N\OCO/N=C(\C)c1ccc(Cl)c(Cl)c1)c1ccc(Cl)c(Cl)c1. The van der Waals surface area contributed by atoms with Crippen molar-refractivity contribution in [1.29, 1.82) is 0 Å². The zero-order valence-corrected chi connectivity index (χ0v) is 16.4. The Hall–Kier alpha value is -1.46. The van der Waals surface area contributed by atoms with Crippen molar-refractivity contribution in [2.24, 2.45) is 10.3 Å². The van der Waals surface area contributed by atoms with Gasteiger partial charge in [-0.2, -0.15) is 0 Å². The molecule has 2 rings (SSSR count). The lowest BCUT2D eigenvalue weighted by atomic mass is 10.1. The summed E-state index contributed by atoms with van der Waals surface area (Å²) in [6.07, 6.45) is 0. The Bertz CT molecular complexity index is 755. The summed E-state index contributed by atoms with van der Waals surface area (Å²) in [5.74, 6) is 0. The van der Waals surface area contributed by atoms with E-state index in [9.17, 15) is 0 Å². The lowest BCUT2D eigenvalue weighted by molar-refractivity contribution is -0.0505. The average Bonchev–Trinajstić information content (AvgIpc) is 2.59. The van der Waals surface area contributed by atoms with E-state index in [0.717, 1.165) is 11.1 Å². The highest BCUT2D eigenvalue weighted by Crippen LogP contribution is 2.23. The van der Waals surface area contributed by atoms with Gasteiger partial charge in [0.25, 0.3) is 6.79 Å². The normalized spacial score (nSPS) is 12.2. The Morgan fingerprint density at radius 2 is 1.12 bits per heavy atom. The standard InChI is InChI=1S/C17H14Cl4N2O2/c1-10(12-3-5-14(18)16(20)7-12)22-24-9-25-23-11(2)13-4-6-15(19)17(21)8-13/h3-8H,9H2,1-2H3/b22-10+,23-11+. The molecule has 0 aliphatic carbocycles. The van der Waals surface area contributed by atoms with Gasteiger partial charge in [0, 0.05) is 11.1 Å². The Labute approximate surface area is 165 Å². The molecule has 4 nitrogen and oxygen atoms in total. The topological polar surface area (TPSA) is 43.2 Å². The quantitative estimate of drug-likeness (QED) is 0.234. The van der Waals surface area contributed by atoms with Gasteiger partial charge < -0.3 is 9.68 Å². The molecule has 0 heterocycles. The summed E-state index contributed by atoms with van der Waals surface area (Å²) < 4.78 is 0. The number of hydrogen-bond acceptors (Lipinski definition) is 4. The van der Waals surface area contributed by atoms with Crippen molar-refractivity contribution < 1.29 is 9.68 Å². The minimum Gasteiger partial charge on any atom is -0.352 e. The minimum atomic E-state index is -0.142. The highest BCUT2D eigenvalue weighted by molar-refractivity contribution is 6.42. The van der Waals surface area contributed by atoms with Crippen LogP contribution < -0.4 is 0 Å². The second-order valence-electron chi connectivity index (χ2n) is 4.99. The van der Waals surface area contributed by atoms with Crippen LogP contribution in [0.4, 0.5) is 0 Å². The van der Waals surface area contributed by atoms with Gasteiger partial charge in [0.15, 0.2) is 0 Å². The maximum absolute atomic E-state index is 5.97. The highest BCUT2D eigenvalue weighted by Gasteiger charge is 2.04. The molecule has 0 bridgehead atoms. The molecule has 0 spiro atoms. The first-order chi connectivity index (χ1) is 11.9. The van der Waals surface area contributed by atoms with E-state index in [4.69, 9.17) is 56.1 Å². The maximum Gasteiger partial charge on any atom is 0.280 e. The third-order valence-electron chi connectivity index (χ3n) is 3.18. The van der Waals surface area contributed by atoms with Crippen molar-refractivity contribution in [1.82, 2.24) is 0 Å². The van der Waals surface area contributed by atoms with Gasteiger partial charge in [0.2, 0.25) is 0 Å². The number of halogens is 4. The van der Waals surface area contributed by atoms with Gasteiger partial charge in [-0.15, -0.1) is 0 Å². The molecule has 0 amide bonds. The predicted molar refractivity (Wildman–Crippen MR) is 104 cm³/mol. The van der Waals surface area contributed by atoms with Gasteiger partial charge >= 0.3 is 0 Å². The molecule has 0 aliphatic heterocycles. The Morgan fingerprint density at radius 3 is 1.48 bits per heavy atom. The minimum absolute atomic E-state index is 0.142. The van der Waals surface area contributed by atoms with Crippen LogP contribution >= 0.6 is 46.4 Å². The molecule has 0 saturated carbocycles. The van der Waals surface area contributed by atoms with Crippen molar-refractivity contribution in [3.05, 3.63) is 67.6 Å². The van der Waals surface area contributed by atoms with Crippen LogP contribution in [0.15, 0.2) is 46.7 Å². The van der Waals surface area contributed by atoms with Crippen molar-refractivity contribution in [3.63, 3.8) is 0 Å². The van der Waals surface area contributed by atoms with Crippen molar-refractivity contribution in [2.45, 2.75) is 13.8 Å². The molecular weight excluding hydrogens is 406 g/mol. The van der Waals surface area contributed by atoms with Gasteiger partial charge in [-0.25, -0.2) is 0 Å². The largest absolute Gasteiger partial charge is 0.352 e. The van der Waals surface area contributed by atoms with Crippen LogP contribution in [0.1, 0.15) is 25.0 Å². The van der Waals surface area contributed by atoms with Crippen LogP contribution in [-0.4, -0.2) is 18.2 Å². The molecule has 2 aromatic carbocycles. The second kappa shape index (κ2) is 9.30. The molecule has 0 unspecified atom stereocenters. The van der Waals surface area contributed by atoms with Crippen LogP contribution in [0, 0.1) is 0 Å². The fourth-order valence-electron chi connectivity index (χ4n) is 1.82. The van der Waals surface area contributed by atoms with E-state index in [0.29, 0.717) is 31.5 Å². The molecule has 0 aliphatic rings. The maximum atomic E-state index is 5.97. The number of benzene rings is 2. The summed E-state index contributed by atoms with van der Waals surface area (Å²) in [4.78, 5) is 10.2. The fraction of sp³-hybridized carbons (Fsp3) is 0.176. The van der Waals surface area contributed by atoms with E-state index in [1.807, 2.05) is 0 Å². The van der Waals surface area contributed by atoms with Gasteiger partial charge in [0.05, 0.1) is 31.5 Å². The van der Waals surface area contributed by atoms with Crippen LogP contribution in [-0.2, 0) is 9.68 Å². The summed E-state index contributed by atoms with van der Waals surface area (Å²) in [6.45, 7) is 3.42. The zero-order valence-electron chi connectivity index (χ0n) is 13.4. The molecule has 2 aromatic rings. The van der Waals surface area contributed by atoms with E-state index in [1.54, 1.807) is 50.2 Å². The molecule has 0 atom stereocenters. The van der Waals surface area contributed by atoms with Crippen molar-refractivity contribution >= 4 is 57.8 Å². The number of hydrogen-bond donors (Lipinski definition) is 0. The first-order valence-corrected chi connectivity index (χ1v) is 8.63. The predicted octanol–water partition coefficient (Wildman–Crippen LogP) is 6.44. The van der Waals surface area contributed by atoms with Crippen LogP contribution in [0.5, 0.6) is 0 Å².